The van der Waals surface area contributed by atoms with E-state index in [9.17, 15) is 4.79 Å². The molecule has 2 N–H and O–H groups in total. The molecular formula is C18H26N4O3. The molecule has 2 rings (SSSR count). The number of carbonyl (C=O) groups is 1. The molecule has 0 spiro atoms. The van der Waals surface area contributed by atoms with Crippen molar-refractivity contribution in [1.29, 1.82) is 0 Å². The molecule has 25 heavy (non-hydrogen) atoms. The first-order valence-corrected chi connectivity index (χ1v) is 8.21. The number of benzene rings is 1. The number of aryl methyl sites for hydroxylation is 1. The Labute approximate surface area is 148 Å². The van der Waals surface area contributed by atoms with Crippen LogP contribution in [0.1, 0.15) is 31.0 Å². The molecule has 0 aliphatic rings. The first-order chi connectivity index (χ1) is 11.9. The zero-order chi connectivity index (χ0) is 18.4. The summed E-state index contributed by atoms with van der Waals surface area (Å²) in [6, 6.07) is 5.22. The SMILES string of the molecule is COc1cc(C)c([C@H](C)NC(=O)N[C@@H](C)Cn2cccn2)cc1OC. The quantitative estimate of drug-likeness (QED) is 0.808. The maximum absolute atomic E-state index is 12.2. The van der Waals surface area contributed by atoms with Gasteiger partial charge in [-0.05, 0) is 50.1 Å². The van der Waals surface area contributed by atoms with Gasteiger partial charge in [-0.3, -0.25) is 4.68 Å². The predicted octanol–water partition coefficient (Wildman–Crippen LogP) is 2.66. The third kappa shape index (κ3) is 4.89. The van der Waals surface area contributed by atoms with E-state index in [2.05, 4.69) is 15.7 Å². The van der Waals surface area contributed by atoms with Crippen LogP contribution in [0.5, 0.6) is 11.5 Å². The van der Waals surface area contributed by atoms with Crippen molar-refractivity contribution in [2.45, 2.75) is 39.4 Å². The van der Waals surface area contributed by atoms with E-state index in [1.807, 2.05) is 45.2 Å². The van der Waals surface area contributed by atoms with Gasteiger partial charge in [-0.1, -0.05) is 0 Å². The topological polar surface area (TPSA) is 77.4 Å². The van der Waals surface area contributed by atoms with Crippen LogP contribution in [0.4, 0.5) is 4.79 Å². The van der Waals surface area contributed by atoms with Gasteiger partial charge in [0.25, 0.3) is 0 Å². The van der Waals surface area contributed by atoms with Gasteiger partial charge in [-0.15, -0.1) is 0 Å². The fourth-order valence-electron chi connectivity index (χ4n) is 2.74. The fourth-order valence-corrected chi connectivity index (χ4v) is 2.74. The lowest BCUT2D eigenvalue weighted by atomic mass is 10.0. The van der Waals surface area contributed by atoms with Gasteiger partial charge in [-0.25, -0.2) is 4.79 Å². The van der Waals surface area contributed by atoms with Crippen molar-refractivity contribution in [2.75, 3.05) is 14.2 Å². The van der Waals surface area contributed by atoms with Crippen molar-refractivity contribution < 1.29 is 14.3 Å². The van der Waals surface area contributed by atoms with Crippen LogP contribution < -0.4 is 20.1 Å². The zero-order valence-corrected chi connectivity index (χ0v) is 15.4. The summed E-state index contributed by atoms with van der Waals surface area (Å²) >= 11 is 0. The van der Waals surface area contributed by atoms with Gasteiger partial charge >= 0.3 is 6.03 Å². The van der Waals surface area contributed by atoms with Crippen molar-refractivity contribution >= 4 is 6.03 Å². The first-order valence-electron chi connectivity index (χ1n) is 8.21. The summed E-state index contributed by atoms with van der Waals surface area (Å²) in [6.45, 7) is 6.47. The number of urea groups is 1. The van der Waals surface area contributed by atoms with Gasteiger partial charge in [0.15, 0.2) is 11.5 Å². The van der Waals surface area contributed by atoms with Crippen LogP contribution in [-0.2, 0) is 6.54 Å². The minimum Gasteiger partial charge on any atom is -0.493 e. The molecule has 0 unspecified atom stereocenters. The Kier molecular flexibility index (Phi) is 6.27. The summed E-state index contributed by atoms with van der Waals surface area (Å²) in [7, 11) is 3.20. The van der Waals surface area contributed by atoms with Gasteiger partial charge < -0.3 is 20.1 Å². The van der Waals surface area contributed by atoms with Crippen LogP contribution in [0.15, 0.2) is 30.6 Å². The van der Waals surface area contributed by atoms with Crippen LogP contribution in [0.25, 0.3) is 0 Å². The molecule has 0 fully saturated rings. The molecule has 2 atom stereocenters. The molecule has 7 nitrogen and oxygen atoms in total. The van der Waals surface area contributed by atoms with Crippen molar-refractivity contribution in [3.8, 4) is 11.5 Å². The molecule has 0 saturated heterocycles. The molecule has 0 saturated carbocycles. The Morgan fingerprint density at radius 1 is 1.20 bits per heavy atom. The van der Waals surface area contributed by atoms with Crippen molar-refractivity contribution in [3.05, 3.63) is 41.7 Å². The smallest absolute Gasteiger partial charge is 0.315 e. The van der Waals surface area contributed by atoms with E-state index in [-0.39, 0.29) is 18.1 Å². The Hall–Kier alpha value is -2.70. The number of nitrogens with one attached hydrogen (secondary N) is 2. The lowest BCUT2D eigenvalue weighted by Gasteiger charge is -2.21. The number of hydrogen-bond acceptors (Lipinski definition) is 4. The maximum Gasteiger partial charge on any atom is 0.315 e. The molecule has 2 amide bonds. The fraction of sp³-hybridized carbons (Fsp3) is 0.444. The predicted molar refractivity (Wildman–Crippen MR) is 96.1 cm³/mol. The Morgan fingerprint density at radius 2 is 1.88 bits per heavy atom. The number of amides is 2. The van der Waals surface area contributed by atoms with Gasteiger partial charge in [0, 0.05) is 18.4 Å². The summed E-state index contributed by atoms with van der Waals surface area (Å²) in [5.74, 6) is 1.32. The van der Waals surface area contributed by atoms with E-state index in [0.29, 0.717) is 18.0 Å². The highest BCUT2D eigenvalue weighted by atomic mass is 16.5. The molecule has 0 aliphatic heterocycles. The summed E-state index contributed by atoms with van der Waals surface area (Å²) in [5, 5.41) is 10.0. The van der Waals surface area contributed by atoms with E-state index in [0.717, 1.165) is 11.1 Å². The lowest BCUT2D eigenvalue weighted by Crippen LogP contribution is -2.43. The molecule has 1 aromatic heterocycles. The van der Waals surface area contributed by atoms with Crippen LogP contribution in [0.3, 0.4) is 0 Å². The first kappa shape index (κ1) is 18.6. The second kappa shape index (κ2) is 8.41. The van der Waals surface area contributed by atoms with Gasteiger partial charge in [-0.2, -0.15) is 5.10 Å². The molecule has 2 aromatic rings. The molecule has 1 heterocycles. The average Bonchev–Trinajstić information content (AvgIpc) is 3.06. The number of methoxy groups -OCH3 is 2. The summed E-state index contributed by atoms with van der Waals surface area (Å²) < 4.78 is 12.4. The number of rotatable bonds is 7. The van der Waals surface area contributed by atoms with Crippen molar-refractivity contribution in [1.82, 2.24) is 20.4 Å². The largest absolute Gasteiger partial charge is 0.493 e. The number of carbonyl (C=O) groups excluding carboxylic acids is 1. The number of nitrogens with zero attached hydrogens (tertiary/aromatic N) is 2. The van der Waals surface area contributed by atoms with E-state index in [1.54, 1.807) is 25.1 Å². The monoisotopic (exact) mass is 346 g/mol. The Morgan fingerprint density at radius 3 is 2.48 bits per heavy atom. The molecule has 0 aliphatic carbocycles. The molecule has 1 aromatic carbocycles. The zero-order valence-electron chi connectivity index (χ0n) is 15.4. The highest BCUT2D eigenvalue weighted by Crippen LogP contribution is 2.32. The molecule has 7 heteroatoms. The van der Waals surface area contributed by atoms with E-state index in [1.165, 1.54) is 0 Å². The standard InChI is InChI=1S/C18H26N4O3/c1-12-9-16(24-4)17(25-5)10-15(12)14(3)21-18(23)20-13(2)11-22-8-6-7-19-22/h6-10,13-14H,11H2,1-5H3,(H2,20,21,23)/t13-,14-/m0/s1. The Balaban J connectivity index is 1.98. The third-order valence-corrected chi connectivity index (χ3v) is 3.98. The van der Waals surface area contributed by atoms with Crippen LogP contribution in [0, 0.1) is 6.92 Å². The van der Waals surface area contributed by atoms with Gasteiger partial charge in [0.1, 0.15) is 0 Å². The third-order valence-electron chi connectivity index (χ3n) is 3.98. The number of ether oxygens (including phenoxy) is 2. The second-order valence-electron chi connectivity index (χ2n) is 6.03. The van der Waals surface area contributed by atoms with Crippen molar-refractivity contribution in [3.63, 3.8) is 0 Å². The molecule has 0 radical (unpaired) electrons. The van der Waals surface area contributed by atoms with E-state index >= 15 is 0 Å². The maximum atomic E-state index is 12.2. The normalized spacial score (nSPS) is 13.0. The van der Waals surface area contributed by atoms with Crippen LogP contribution >= 0.6 is 0 Å². The number of hydrogen-bond donors (Lipinski definition) is 2. The highest BCUT2D eigenvalue weighted by Gasteiger charge is 2.16. The molecule has 0 bridgehead atoms. The highest BCUT2D eigenvalue weighted by molar-refractivity contribution is 5.74. The summed E-state index contributed by atoms with van der Waals surface area (Å²) in [4.78, 5) is 12.2. The minimum absolute atomic E-state index is 0.0430. The lowest BCUT2D eigenvalue weighted by molar-refractivity contribution is 0.233. The van der Waals surface area contributed by atoms with Crippen LogP contribution in [-0.4, -0.2) is 36.1 Å². The van der Waals surface area contributed by atoms with E-state index < -0.39 is 0 Å². The number of aromatic nitrogens is 2. The summed E-state index contributed by atoms with van der Waals surface area (Å²) in [5.41, 5.74) is 2.00. The van der Waals surface area contributed by atoms with Gasteiger partial charge in [0.2, 0.25) is 0 Å². The molecule has 136 valence electrons. The van der Waals surface area contributed by atoms with Crippen molar-refractivity contribution in [2.24, 2.45) is 0 Å². The minimum atomic E-state index is -0.221. The molecular weight excluding hydrogens is 320 g/mol. The Bertz CT molecular complexity index is 701. The second-order valence-corrected chi connectivity index (χ2v) is 6.03. The van der Waals surface area contributed by atoms with Crippen LogP contribution in [0.2, 0.25) is 0 Å². The van der Waals surface area contributed by atoms with Gasteiger partial charge in [0.05, 0.1) is 26.8 Å². The summed E-state index contributed by atoms with van der Waals surface area (Å²) in [6.07, 6.45) is 3.58. The van der Waals surface area contributed by atoms with E-state index in [4.69, 9.17) is 9.47 Å². The average molecular weight is 346 g/mol.